The van der Waals surface area contributed by atoms with Crippen molar-refractivity contribution < 1.29 is 9.53 Å². The van der Waals surface area contributed by atoms with Gasteiger partial charge in [0.2, 0.25) is 5.91 Å². The fourth-order valence-corrected chi connectivity index (χ4v) is 2.55. The van der Waals surface area contributed by atoms with Gasteiger partial charge in [0.1, 0.15) is 0 Å². The third-order valence-electron chi connectivity index (χ3n) is 4.14. The lowest BCUT2D eigenvalue weighted by atomic mass is 9.79. The van der Waals surface area contributed by atoms with Crippen molar-refractivity contribution in [3.63, 3.8) is 0 Å². The van der Waals surface area contributed by atoms with Crippen molar-refractivity contribution in [1.29, 1.82) is 0 Å². The summed E-state index contributed by atoms with van der Waals surface area (Å²) < 4.78 is 5.33. The number of rotatable bonds is 5. The summed E-state index contributed by atoms with van der Waals surface area (Å²) >= 11 is 0. The van der Waals surface area contributed by atoms with E-state index in [9.17, 15) is 4.79 Å². The Labute approximate surface area is 132 Å². The molecule has 1 aliphatic rings. The maximum atomic E-state index is 12.3. The van der Waals surface area contributed by atoms with Gasteiger partial charge in [0.05, 0.1) is 5.41 Å². The van der Waals surface area contributed by atoms with E-state index >= 15 is 0 Å². The molecule has 0 bridgehead atoms. The Balaban J connectivity index is 0.00000220. The molecule has 1 aliphatic heterocycles. The van der Waals surface area contributed by atoms with Crippen molar-refractivity contribution in [1.82, 2.24) is 5.32 Å². The summed E-state index contributed by atoms with van der Waals surface area (Å²) in [5.41, 5.74) is 7.89. The van der Waals surface area contributed by atoms with Gasteiger partial charge in [0.15, 0.2) is 0 Å². The highest BCUT2D eigenvalue weighted by Crippen LogP contribution is 2.29. The standard InChI is InChI=1S/C16H24N2O2.ClH/c1-13-2-4-14(5-3-13)6-9-18-15(19)16(12-17)7-10-20-11-8-16;/h2-5H,6-12,17H2,1H3,(H,18,19);1H. The zero-order valence-electron chi connectivity index (χ0n) is 12.6. The van der Waals surface area contributed by atoms with E-state index in [2.05, 4.69) is 36.5 Å². The van der Waals surface area contributed by atoms with Gasteiger partial charge in [-0.3, -0.25) is 4.79 Å². The molecule has 0 aliphatic carbocycles. The Morgan fingerprint density at radius 3 is 2.48 bits per heavy atom. The van der Waals surface area contributed by atoms with E-state index in [0.717, 1.165) is 19.3 Å². The van der Waals surface area contributed by atoms with Crippen LogP contribution in [0.15, 0.2) is 24.3 Å². The zero-order chi connectivity index (χ0) is 14.4. The molecule has 0 radical (unpaired) electrons. The smallest absolute Gasteiger partial charge is 0.227 e. The minimum atomic E-state index is -0.425. The molecule has 3 N–H and O–H groups in total. The maximum Gasteiger partial charge on any atom is 0.227 e. The Morgan fingerprint density at radius 1 is 1.29 bits per heavy atom. The summed E-state index contributed by atoms with van der Waals surface area (Å²) in [6.45, 7) is 4.38. The van der Waals surface area contributed by atoms with Crippen molar-refractivity contribution in [2.75, 3.05) is 26.3 Å². The third kappa shape index (κ3) is 4.70. The second-order valence-electron chi connectivity index (χ2n) is 5.59. The van der Waals surface area contributed by atoms with E-state index < -0.39 is 5.41 Å². The fraction of sp³-hybridized carbons (Fsp3) is 0.562. The number of carbonyl (C=O) groups excluding carboxylic acids is 1. The average Bonchev–Trinajstić information content (AvgIpc) is 2.50. The first-order chi connectivity index (χ1) is 9.66. The van der Waals surface area contributed by atoms with Crippen LogP contribution in [0.25, 0.3) is 0 Å². The summed E-state index contributed by atoms with van der Waals surface area (Å²) in [5.74, 6) is 0.0791. The van der Waals surface area contributed by atoms with Crippen molar-refractivity contribution in [2.45, 2.75) is 26.2 Å². The number of aryl methyl sites for hydroxylation is 1. The van der Waals surface area contributed by atoms with E-state index in [1.54, 1.807) is 0 Å². The lowest BCUT2D eigenvalue weighted by Crippen LogP contribution is -2.49. The fourth-order valence-electron chi connectivity index (χ4n) is 2.55. The lowest BCUT2D eigenvalue weighted by molar-refractivity contribution is -0.135. The van der Waals surface area contributed by atoms with Crippen molar-refractivity contribution >= 4 is 18.3 Å². The molecule has 1 fully saturated rings. The van der Waals surface area contributed by atoms with Gasteiger partial charge in [-0.2, -0.15) is 0 Å². The van der Waals surface area contributed by atoms with Crippen LogP contribution in [0.4, 0.5) is 0 Å². The number of benzene rings is 1. The predicted octanol–water partition coefficient (Wildman–Crippen LogP) is 1.83. The number of halogens is 1. The van der Waals surface area contributed by atoms with E-state index in [0.29, 0.717) is 26.3 Å². The Morgan fingerprint density at radius 2 is 1.90 bits per heavy atom. The van der Waals surface area contributed by atoms with Crippen LogP contribution >= 0.6 is 12.4 Å². The summed E-state index contributed by atoms with van der Waals surface area (Å²) in [6, 6.07) is 8.40. The zero-order valence-corrected chi connectivity index (χ0v) is 13.4. The van der Waals surface area contributed by atoms with Gasteiger partial charge in [0, 0.05) is 26.3 Å². The van der Waals surface area contributed by atoms with Gasteiger partial charge in [-0.05, 0) is 31.7 Å². The minimum Gasteiger partial charge on any atom is -0.381 e. The van der Waals surface area contributed by atoms with E-state index in [1.807, 2.05) is 0 Å². The van der Waals surface area contributed by atoms with Crippen molar-refractivity contribution in [2.24, 2.45) is 11.1 Å². The molecule has 0 aromatic heterocycles. The molecule has 1 saturated heterocycles. The predicted molar refractivity (Wildman–Crippen MR) is 86.7 cm³/mol. The largest absolute Gasteiger partial charge is 0.381 e. The Kier molecular flexibility index (Phi) is 7.15. The van der Waals surface area contributed by atoms with Gasteiger partial charge in [-0.25, -0.2) is 0 Å². The second kappa shape index (κ2) is 8.37. The van der Waals surface area contributed by atoms with Gasteiger partial charge in [-0.1, -0.05) is 29.8 Å². The molecule has 118 valence electrons. The normalized spacial score (nSPS) is 16.9. The molecule has 0 saturated carbocycles. The van der Waals surface area contributed by atoms with Gasteiger partial charge < -0.3 is 15.8 Å². The topological polar surface area (TPSA) is 64.4 Å². The molecule has 1 amide bonds. The van der Waals surface area contributed by atoms with Gasteiger partial charge >= 0.3 is 0 Å². The second-order valence-corrected chi connectivity index (χ2v) is 5.59. The monoisotopic (exact) mass is 312 g/mol. The van der Waals surface area contributed by atoms with Crippen LogP contribution in [0, 0.1) is 12.3 Å². The molecular formula is C16H25ClN2O2. The lowest BCUT2D eigenvalue weighted by Gasteiger charge is -2.34. The first-order valence-electron chi connectivity index (χ1n) is 7.28. The maximum absolute atomic E-state index is 12.3. The third-order valence-corrected chi connectivity index (χ3v) is 4.14. The van der Waals surface area contributed by atoms with E-state index in [1.165, 1.54) is 11.1 Å². The molecule has 1 aromatic rings. The molecule has 1 heterocycles. The molecule has 0 unspecified atom stereocenters. The molecule has 4 nitrogen and oxygen atoms in total. The van der Waals surface area contributed by atoms with Crippen LogP contribution in [0.1, 0.15) is 24.0 Å². The SMILES string of the molecule is Cc1ccc(CCNC(=O)C2(CN)CCOCC2)cc1.Cl. The van der Waals surface area contributed by atoms with Crippen LogP contribution in [0.2, 0.25) is 0 Å². The highest BCUT2D eigenvalue weighted by atomic mass is 35.5. The van der Waals surface area contributed by atoms with Crippen LogP contribution in [-0.2, 0) is 16.0 Å². The first-order valence-corrected chi connectivity index (χ1v) is 7.28. The number of carbonyl (C=O) groups is 1. The molecule has 21 heavy (non-hydrogen) atoms. The number of nitrogens with one attached hydrogen (secondary N) is 1. The van der Waals surface area contributed by atoms with Crippen molar-refractivity contribution in [3.05, 3.63) is 35.4 Å². The molecule has 1 aromatic carbocycles. The number of hydrogen-bond donors (Lipinski definition) is 2. The number of ether oxygens (including phenoxy) is 1. The van der Waals surface area contributed by atoms with Crippen LogP contribution in [0.3, 0.4) is 0 Å². The molecule has 0 spiro atoms. The van der Waals surface area contributed by atoms with Crippen LogP contribution < -0.4 is 11.1 Å². The minimum absolute atomic E-state index is 0. The summed E-state index contributed by atoms with van der Waals surface area (Å²) in [5, 5.41) is 3.03. The molecule has 0 atom stereocenters. The molecular weight excluding hydrogens is 288 g/mol. The quantitative estimate of drug-likeness (QED) is 0.872. The Bertz CT molecular complexity index is 442. The number of nitrogens with two attached hydrogens (primary N) is 1. The summed E-state index contributed by atoms with van der Waals surface area (Å²) in [6.07, 6.45) is 2.29. The summed E-state index contributed by atoms with van der Waals surface area (Å²) in [7, 11) is 0. The van der Waals surface area contributed by atoms with E-state index in [-0.39, 0.29) is 18.3 Å². The van der Waals surface area contributed by atoms with Gasteiger partial charge in [0.25, 0.3) is 0 Å². The van der Waals surface area contributed by atoms with Crippen LogP contribution in [-0.4, -0.2) is 32.2 Å². The number of hydrogen-bond acceptors (Lipinski definition) is 3. The highest BCUT2D eigenvalue weighted by molar-refractivity contribution is 5.85. The van der Waals surface area contributed by atoms with Crippen molar-refractivity contribution in [3.8, 4) is 0 Å². The highest BCUT2D eigenvalue weighted by Gasteiger charge is 2.38. The van der Waals surface area contributed by atoms with Crippen LogP contribution in [0.5, 0.6) is 0 Å². The Hall–Kier alpha value is -1.10. The molecule has 2 rings (SSSR count). The van der Waals surface area contributed by atoms with E-state index in [4.69, 9.17) is 10.5 Å². The number of amides is 1. The average molecular weight is 313 g/mol. The molecule has 5 heteroatoms. The van der Waals surface area contributed by atoms with Gasteiger partial charge in [-0.15, -0.1) is 12.4 Å². The first kappa shape index (κ1) is 18.0. The summed E-state index contributed by atoms with van der Waals surface area (Å²) in [4.78, 5) is 12.3.